The van der Waals surface area contributed by atoms with Gasteiger partial charge in [0.25, 0.3) is 0 Å². The van der Waals surface area contributed by atoms with E-state index in [1.54, 1.807) is 0 Å². The van der Waals surface area contributed by atoms with E-state index in [2.05, 4.69) is 0 Å². The van der Waals surface area contributed by atoms with Crippen LogP contribution in [0.2, 0.25) is 0 Å². The van der Waals surface area contributed by atoms with Crippen LogP contribution in [0.4, 0.5) is 0 Å². The van der Waals surface area contributed by atoms with E-state index in [0.29, 0.717) is 38.5 Å². The second-order valence-corrected chi connectivity index (χ2v) is 4.92. The zero-order chi connectivity index (χ0) is 16.9. The van der Waals surface area contributed by atoms with Gasteiger partial charge in [-0.05, 0) is 49.7 Å². The Bertz CT molecular complexity index is 498. The van der Waals surface area contributed by atoms with Gasteiger partial charge < -0.3 is 31.3 Å². The van der Waals surface area contributed by atoms with Gasteiger partial charge in [-0.3, -0.25) is 9.59 Å². The number of aliphatic carboxylic acids is 2. The number of hydrogen-bond donors (Lipinski definition) is 2. The summed E-state index contributed by atoms with van der Waals surface area (Å²) in [5.41, 5.74) is 10.5. The van der Waals surface area contributed by atoms with Gasteiger partial charge in [-0.15, -0.1) is 0 Å². The van der Waals surface area contributed by atoms with E-state index in [9.17, 15) is 29.4 Å². The van der Waals surface area contributed by atoms with Gasteiger partial charge in [-0.2, -0.15) is 0 Å². The van der Waals surface area contributed by atoms with E-state index in [1.807, 2.05) is 0 Å². The molecule has 4 N–H and O–H groups in total. The number of carboxylic acid groups (broad SMARTS) is 2. The number of primary amides is 2. The quantitative estimate of drug-likeness (QED) is 0.455. The second kappa shape index (κ2) is 12.9. The van der Waals surface area contributed by atoms with Crippen LogP contribution in [0.15, 0.2) is 22.3 Å². The van der Waals surface area contributed by atoms with Crippen molar-refractivity contribution in [2.24, 2.45) is 11.5 Å². The van der Waals surface area contributed by atoms with Crippen LogP contribution in [0.25, 0.3) is 0 Å². The zero-order valence-corrected chi connectivity index (χ0v) is 20.1. The molecule has 10 heteroatoms. The van der Waals surface area contributed by atoms with Crippen molar-refractivity contribution < 1.29 is 132 Å². The standard InChI is InChI=1S/2C7H9NO3.2K/c2*8-6(9)4-2-1-3-5(4)7(10)11;;/h2*1-3H2,(H2,8,9)(H,10,11);;/q;;2*+1/p-2. The Kier molecular flexibility index (Phi) is 14.4. The molecule has 0 aliphatic heterocycles. The fraction of sp³-hybridized carbons (Fsp3) is 0.429. The Hall–Kier alpha value is 0.633. The van der Waals surface area contributed by atoms with Crippen molar-refractivity contribution in [3.05, 3.63) is 22.3 Å². The summed E-state index contributed by atoms with van der Waals surface area (Å²) in [5.74, 6) is -3.81. The maximum atomic E-state index is 10.6. The first-order chi connectivity index (χ1) is 10.3. The molecule has 0 aromatic heterocycles. The molecule has 0 spiro atoms. The average Bonchev–Trinajstić information content (AvgIpc) is 3.08. The normalized spacial score (nSPS) is 15.7. The fourth-order valence-corrected chi connectivity index (χ4v) is 2.48. The summed E-state index contributed by atoms with van der Waals surface area (Å²) >= 11 is 0. The minimum absolute atomic E-state index is 0. The van der Waals surface area contributed by atoms with Gasteiger partial charge in [0.2, 0.25) is 11.8 Å². The third-order valence-electron chi connectivity index (χ3n) is 3.52. The summed E-state index contributed by atoms with van der Waals surface area (Å²) in [5, 5.41) is 20.7. The van der Waals surface area contributed by atoms with Gasteiger partial charge in [0.05, 0.1) is 11.9 Å². The minimum Gasteiger partial charge on any atom is -0.545 e. The van der Waals surface area contributed by atoms with Crippen LogP contribution < -0.4 is 124 Å². The molecule has 0 fully saturated rings. The number of hydrogen-bond acceptors (Lipinski definition) is 6. The Morgan fingerprint density at radius 3 is 1.04 bits per heavy atom. The van der Waals surface area contributed by atoms with Gasteiger partial charge in [0.15, 0.2) is 0 Å². The fourth-order valence-electron chi connectivity index (χ4n) is 2.48. The maximum Gasteiger partial charge on any atom is 1.00 e. The second-order valence-electron chi connectivity index (χ2n) is 4.92. The summed E-state index contributed by atoms with van der Waals surface area (Å²) in [7, 11) is 0. The van der Waals surface area contributed by atoms with E-state index >= 15 is 0 Å². The number of amides is 2. The van der Waals surface area contributed by atoms with E-state index in [-0.39, 0.29) is 125 Å². The van der Waals surface area contributed by atoms with Crippen LogP contribution in [0.5, 0.6) is 0 Å². The molecule has 0 saturated heterocycles. The molecule has 2 aliphatic rings. The monoisotopic (exact) mass is 386 g/mol. The molecule has 120 valence electrons. The molecule has 0 heterocycles. The smallest absolute Gasteiger partial charge is 0.545 e. The first kappa shape index (κ1) is 26.9. The van der Waals surface area contributed by atoms with Crippen LogP contribution in [-0.2, 0) is 19.2 Å². The molecule has 2 rings (SSSR count). The number of nitrogens with two attached hydrogens (primary N) is 2. The molecule has 0 aromatic carbocycles. The molecule has 0 atom stereocenters. The first-order valence-corrected chi connectivity index (χ1v) is 6.72. The van der Waals surface area contributed by atoms with Crippen molar-refractivity contribution in [2.75, 3.05) is 0 Å². The van der Waals surface area contributed by atoms with E-state index < -0.39 is 23.8 Å². The third-order valence-corrected chi connectivity index (χ3v) is 3.52. The molecule has 24 heavy (non-hydrogen) atoms. The predicted octanol–water partition coefficient (Wildman–Crippen LogP) is -8.59. The molecular weight excluding hydrogens is 370 g/mol. The van der Waals surface area contributed by atoms with Gasteiger partial charge in [-0.1, -0.05) is 0 Å². The average molecular weight is 386 g/mol. The van der Waals surface area contributed by atoms with Crippen LogP contribution >= 0.6 is 0 Å². The molecule has 2 amide bonds. The van der Waals surface area contributed by atoms with Crippen molar-refractivity contribution in [3.8, 4) is 0 Å². The summed E-state index contributed by atoms with van der Waals surface area (Å²) in [4.78, 5) is 41.9. The Morgan fingerprint density at radius 1 is 0.625 bits per heavy atom. The van der Waals surface area contributed by atoms with E-state index in [0.717, 1.165) is 0 Å². The summed E-state index contributed by atoms with van der Waals surface area (Å²) in [6.45, 7) is 0. The van der Waals surface area contributed by atoms with Crippen LogP contribution in [0.3, 0.4) is 0 Å². The van der Waals surface area contributed by atoms with Gasteiger partial charge >= 0.3 is 103 Å². The van der Waals surface area contributed by atoms with E-state index in [4.69, 9.17) is 11.5 Å². The molecule has 0 saturated carbocycles. The molecule has 8 nitrogen and oxygen atoms in total. The molecule has 0 aromatic rings. The van der Waals surface area contributed by atoms with Gasteiger partial charge in [-0.25, -0.2) is 0 Å². The summed E-state index contributed by atoms with van der Waals surface area (Å²) in [6, 6.07) is 0. The minimum atomic E-state index is -1.27. The number of carbonyl (C=O) groups is 4. The topological polar surface area (TPSA) is 166 Å². The summed E-state index contributed by atoms with van der Waals surface area (Å²) < 4.78 is 0. The number of carbonyl (C=O) groups excluding carboxylic acids is 4. The SMILES string of the molecule is NC(=O)C1=C(C(=O)[O-])CCC1.NC(=O)C1=C(C(=O)[O-])CCC1.[K+].[K+]. The van der Waals surface area contributed by atoms with Crippen molar-refractivity contribution >= 4 is 23.8 Å². The van der Waals surface area contributed by atoms with E-state index in [1.165, 1.54) is 0 Å². The Balaban J connectivity index is 0. The molecular formula is C14H16K2N2O6. The van der Waals surface area contributed by atoms with Crippen LogP contribution in [0.1, 0.15) is 38.5 Å². The molecule has 0 radical (unpaired) electrons. The Labute approximate surface area is 224 Å². The van der Waals surface area contributed by atoms with Crippen LogP contribution in [0, 0.1) is 0 Å². The molecule has 2 aliphatic carbocycles. The van der Waals surface area contributed by atoms with Crippen molar-refractivity contribution in [2.45, 2.75) is 38.5 Å². The predicted molar refractivity (Wildman–Crippen MR) is 70.2 cm³/mol. The first-order valence-electron chi connectivity index (χ1n) is 6.72. The molecule has 0 unspecified atom stereocenters. The van der Waals surface area contributed by atoms with Gasteiger partial charge in [0.1, 0.15) is 0 Å². The van der Waals surface area contributed by atoms with Crippen LogP contribution in [-0.4, -0.2) is 23.8 Å². The third kappa shape index (κ3) is 7.89. The number of rotatable bonds is 4. The van der Waals surface area contributed by atoms with Gasteiger partial charge in [0, 0.05) is 11.1 Å². The summed E-state index contributed by atoms with van der Waals surface area (Å²) in [6.07, 6.45) is 3.11. The van der Waals surface area contributed by atoms with Crippen molar-refractivity contribution in [3.63, 3.8) is 0 Å². The molecule has 0 bridgehead atoms. The largest absolute Gasteiger partial charge is 1.00 e. The maximum absolute atomic E-state index is 10.6. The van der Waals surface area contributed by atoms with Crippen molar-refractivity contribution in [1.29, 1.82) is 0 Å². The Morgan fingerprint density at radius 2 is 0.875 bits per heavy atom. The zero-order valence-electron chi connectivity index (χ0n) is 13.8. The number of carboxylic acids is 2. The van der Waals surface area contributed by atoms with Crippen molar-refractivity contribution in [1.82, 2.24) is 0 Å².